The number of methoxy groups -OCH3 is 1. The summed E-state index contributed by atoms with van der Waals surface area (Å²) in [5.41, 5.74) is 3.04. The molecule has 5 heteroatoms. The number of aryl methyl sites for hydroxylation is 1. The second-order valence-electron chi connectivity index (χ2n) is 4.27. The maximum Gasteiger partial charge on any atom is 0.191 e. The Balaban J connectivity index is 2.90. The normalized spacial score (nSPS) is 9.95. The van der Waals surface area contributed by atoms with Crippen LogP contribution in [0.3, 0.4) is 0 Å². The fourth-order valence-electron chi connectivity index (χ4n) is 1.89. The monoisotopic (exact) mass is 264 g/mol. The molecule has 1 aromatic heterocycles. The molecule has 0 atom stereocenters. The number of aromatic nitrogens is 1. The van der Waals surface area contributed by atoms with Gasteiger partial charge < -0.3 is 15.4 Å². The van der Waals surface area contributed by atoms with E-state index in [1.165, 1.54) is 0 Å². The third kappa shape index (κ3) is 4.12. The molecule has 106 valence electrons. The van der Waals surface area contributed by atoms with Gasteiger partial charge in [-0.25, -0.2) is 4.99 Å². The van der Waals surface area contributed by atoms with Crippen LogP contribution in [-0.4, -0.2) is 31.1 Å². The summed E-state index contributed by atoms with van der Waals surface area (Å²) in [6.07, 6.45) is 1.83. The quantitative estimate of drug-likeness (QED) is 0.629. The van der Waals surface area contributed by atoms with Crippen molar-refractivity contribution < 1.29 is 4.74 Å². The van der Waals surface area contributed by atoms with Crippen molar-refractivity contribution in [2.75, 3.05) is 20.2 Å². The molecule has 0 aliphatic rings. The molecule has 0 aromatic carbocycles. The number of hydrogen-bond acceptors (Lipinski definition) is 3. The van der Waals surface area contributed by atoms with Crippen LogP contribution in [0.2, 0.25) is 0 Å². The minimum Gasteiger partial charge on any atom is -0.496 e. The summed E-state index contributed by atoms with van der Waals surface area (Å²) in [5.74, 6) is 1.71. The van der Waals surface area contributed by atoms with Gasteiger partial charge in [-0.2, -0.15) is 0 Å². The lowest BCUT2D eigenvalue weighted by atomic mass is 10.1. The van der Waals surface area contributed by atoms with E-state index in [1.54, 1.807) is 7.11 Å². The molecule has 5 nitrogen and oxygen atoms in total. The average Bonchev–Trinajstić information content (AvgIpc) is 2.39. The van der Waals surface area contributed by atoms with E-state index in [9.17, 15) is 0 Å². The molecule has 0 saturated carbocycles. The minimum atomic E-state index is 0.539. The van der Waals surface area contributed by atoms with Crippen LogP contribution in [0, 0.1) is 13.8 Å². The molecule has 1 heterocycles. The van der Waals surface area contributed by atoms with Gasteiger partial charge in [-0.1, -0.05) is 0 Å². The van der Waals surface area contributed by atoms with E-state index < -0.39 is 0 Å². The first-order chi connectivity index (χ1) is 9.13. The average molecular weight is 264 g/mol. The topological polar surface area (TPSA) is 58.5 Å². The number of aliphatic imine (C=N–C) groups is 1. The van der Waals surface area contributed by atoms with E-state index in [0.29, 0.717) is 6.54 Å². The Morgan fingerprint density at radius 3 is 2.42 bits per heavy atom. The largest absolute Gasteiger partial charge is 0.496 e. The first kappa shape index (κ1) is 15.3. The Hall–Kier alpha value is -1.78. The smallest absolute Gasteiger partial charge is 0.191 e. The van der Waals surface area contributed by atoms with Crippen molar-refractivity contribution in [3.05, 3.63) is 23.0 Å². The summed E-state index contributed by atoms with van der Waals surface area (Å²) >= 11 is 0. The van der Waals surface area contributed by atoms with E-state index in [0.717, 1.165) is 41.6 Å². The number of guanidine groups is 1. The summed E-state index contributed by atoms with van der Waals surface area (Å²) in [6.45, 7) is 10.3. The number of hydrogen-bond donors (Lipinski definition) is 2. The molecule has 2 N–H and O–H groups in total. The zero-order valence-corrected chi connectivity index (χ0v) is 12.5. The van der Waals surface area contributed by atoms with Crippen molar-refractivity contribution >= 4 is 5.96 Å². The van der Waals surface area contributed by atoms with E-state index in [-0.39, 0.29) is 0 Å². The van der Waals surface area contributed by atoms with E-state index in [4.69, 9.17) is 4.74 Å². The summed E-state index contributed by atoms with van der Waals surface area (Å²) in [5, 5.41) is 6.39. The Bertz CT molecular complexity index is 435. The Morgan fingerprint density at radius 2 is 1.89 bits per heavy atom. The maximum atomic E-state index is 5.40. The number of nitrogens with one attached hydrogen (secondary N) is 2. The van der Waals surface area contributed by atoms with Gasteiger partial charge in [0.05, 0.1) is 19.3 Å². The molecule has 0 aliphatic carbocycles. The predicted molar refractivity (Wildman–Crippen MR) is 78.8 cm³/mol. The molecule has 0 unspecified atom stereocenters. The van der Waals surface area contributed by atoms with Crippen molar-refractivity contribution in [3.63, 3.8) is 0 Å². The lowest BCUT2D eigenvalue weighted by Crippen LogP contribution is -2.37. The molecule has 0 bridgehead atoms. The van der Waals surface area contributed by atoms with Gasteiger partial charge in [0.2, 0.25) is 0 Å². The molecule has 0 spiro atoms. The van der Waals surface area contributed by atoms with Crippen LogP contribution < -0.4 is 15.4 Å². The lowest BCUT2D eigenvalue weighted by molar-refractivity contribution is 0.407. The molecule has 0 aliphatic heterocycles. The van der Waals surface area contributed by atoms with E-state index in [2.05, 4.69) is 20.6 Å². The van der Waals surface area contributed by atoms with Gasteiger partial charge in [-0.15, -0.1) is 0 Å². The van der Waals surface area contributed by atoms with Crippen LogP contribution in [0.15, 0.2) is 11.2 Å². The number of rotatable bonds is 5. The van der Waals surface area contributed by atoms with Gasteiger partial charge >= 0.3 is 0 Å². The summed E-state index contributed by atoms with van der Waals surface area (Å²) in [4.78, 5) is 8.95. The van der Waals surface area contributed by atoms with Crippen LogP contribution in [0.1, 0.15) is 30.7 Å². The Kier molecular flexibility index (Phi) is 6.12. The van der Waals surface area contributed by atoms with Crippen molar-refractivity contribution in [1.29, 1.82) is 0 Å². The highest BCUT2D eigenvalue weighted by atomic mass is 16.5. The lowest BCUT2D eigenvalue weighted by Gasteiger charge is -2.12. The zero-order chi connectivity index (χ0) is 14.3. The Morgan fingerprint density at radius 1 is 1.26 bits per heavy atom. The first-order valence-electron chi connectivity index (χ1n) is 6.65. The highest BCUT2D eigenvalue weighted by Gasteiger charge is 2.09. The van der Waals surface area contributed by atoms with E-state index >= 15 is 0 Å². The second kappa shape index (κ2) is 7.61. The zero-order valence-electron chi connectivity index (χ0n) is 12.5. The van der Waals surface area contributed by atoms with Crippen LogP contribution in [-0.2, 0) is 6.54 Å². The van der Waals surface area contributed by atoms with Gasteiger partial charge in [0.1, 0.15) is 5.75 Å². The molecule has 0 saturated heterocycles. The predicted octanol–water partition coefficient (Wildman–Crippen LogP) is 1.78. The number of ether oxygens (including phenoxy) is 1. The summed E-state index contributed by atoms with van der Waals surface area (Å²) in [6, 6.07) is 0. The van der Waals surface area contributed by atoms with Crippen LogP contribution in [0.4, 0.5) is 0 Å². The fourth-order valence-corrected chi connectivity index (χ4v) is 1.89. The highest BCUT2D eigenvalue weighted by molar-refractivity contribution is 5.79. The van der Waals surface area contributed by atoms with Gasteiger partial charge in [-0.3, -0.25) is 4.98 Å². The van der Waals surface area contributed by atoms with Gasteiger partial charge in [-0.05, 0) is 27.7 Å². The van der Waals surface area contributed by atoms with Crippen molar-refractivity contribution in [1.82, 2.24) is 15.6 Å². The van der Waals surface area contributed by atoms with E-state index in [1.807, 2.05) is 33.9 Å². The molecule has 1 aromatic rings. The third-order valence-corrected chi connectivity index (χ3v) is 2.83. The SMILES string of the molecule is CCNC(=NCc1ncc(C)c(OC)c1C)NCC. The summed E-state index contributed by atoms with van der Waals surface area (Å²) < 4.78 is 5.40. The van der Waals surface area contributed by atoms with Crippen molar-refractivity contribution in [2.45, 2.75) is 34.2 Å². The first-order valence-corrected chi connectivity index (χ1v) is 6.65. The van der Waals surface area contributed by atoms with Crippen LogP contribution >= 0.6 is 0 Å². The van der Waals surface area contributed by atoms with Crippen molar-refractivity contribution in [3.8, 4) is 5.75 Å². The molecular weight excluding hydrogens is 240 g/mol. The number of nitrogens with zero attached hydrogens (tertiary/aromatic N) is 2. The minimum absolute atomic E-state index is 0.539. The molecule has 0 amide bonds. The highest BCUT2D eigenvalue weighted by Crippen LogP contribution is 2.24. The molecule has 0 radical (unpaired) electrons. The van der Waals surface area contributed by atoms with Gasteiger partial charge in [0.25, 0.3) is 0 Å². The van der Waals surface area contributed by atoms with Crippen LogP contribution in [0.5, 0.6) is 5.75 Å². The standard InChI is InChI=1S/C14H24N4O/c1-6-15-14(16-7-2)18-9-12-11(4)13(19-5)10(3)8-17-12/h8H,6-7,9H2,1-5H3,(H2,15,16,18). The number of pyridine rings is 1. The van der Waals surface area contributed by atoms with Gasteiger partial charge in [0, 0.05) is 30.4 Å². The Labute approximate surface area is 115 Å². The fraction of sp³-hybridized carbons (Fsp3) is 0.571. The molecular formula is C14H24N4O. The molecule has 19 heavy (non-hydrogen) atoms. The molecule has 1 rings (SSSR count). The summed E-state index contributed by atoms with van der Waals surface area (Å²) in [7, 11) is 1.69. The maximum absolute atomic E-state index is 5.40. The second-order valence-corrected chi connectivity index (χ2v) is 4.27. The molecule has 0 fully saturated rings. The van der Waals surface area contributed by atoms with Gasteiger partial charge in [0.15, 0.2) is 5.96 Å². The third-order valence-electron chi connectivity index (χ3n) is 2.83. The van der Waals surface area contributed by atoms with Crippen molar-refractivity contribution in [2.24, 2.45) is 4.99 Å². The van der Waals surface area contributed by atoms with Crippen LogP contribution in [0.25, 0.3) is 0 Å².